The minimum Gasteiger partial charge on any atom is -0.494 e. The lowest BCUT2D eigenvalue weighted by Gasteiger charge is -2.26. The largest absolute Gasteiger partial charge is 0.494 e. The number of aromatic amines is 1. The number of rotatable bonds is 9. The number of aromatic hydroxyl groups is 1. The monoisotopic (exact) mass is 556 g/mol. The molecular weight excluding hydrogens is 524 g/mol. The lowest BCUT2D eigenvalue weighted by molar-refractivity contribution is 0.0273. The Morgan fingerprint density at radius 2 is 1.88 bits per heavy atom. The predicted octanol–water partition coefficient (Wildman–Crippen LogP) is 4.70. The Labute approximate surface area is 233 Å². The number of benzene rings is 3. The van der Waals surface area contributed by atoms with Gasteiger partial charge in [0, 0.05) is 42.1 Å². The topological polar surface area (TPSA) is 107 Å². The van der Waals surface area contributed by atoms with E-state index >= 15 is 0 Å². The number of fused-ring (bicyclic) bond motifs is 3. The average Bonchev–Trinajstić information content (AvgIpc) is 3.42. The van der Waals surface area contributed by atoms with Crippen molar-refractivity contribution in [1.29, 1.82) is 0 Å². The summed E-state index contributed by atoms with van der Waals surface area (Å²) in [5.41, 5.74) is 4.45. The summed E-state index contributed by atoms with van der Waals surface area (Å²) in [7, 11) is -3.68. The standard InChI is InChI=1S/C31H32N4O4S/c36-31-29(27-15-26(12-13-28(27)34-31)40(37,38)32-16-20-6-7-20)30(22-4-2-1-3-5-22)33-23-10-8-21(9-11-23)17-35-18-25-14-24(35)19-39-25/h1-5,8-13,15,20,24-25,32,34,36H,6-7,14,16-19H2. The fraction of sp³-hybridized carbons (Fsp3) is 0.323. The molecule has 2 unspecified atom stereocenters. The van der Waals surface area contributed by atoms with Gasteiger partial charge in [0.2, 0.25) is 10.0 Å². The zero-order chi connectivity index (χ0) is 27.3. The van der Waals surface area contributed by atoms with E-state index in [1.165, 1.54) is 5.56 Å². The minimum absolute atomic E-state index is 0.0546. The molecule has 1 aromatic heterocycles. The van der Waals surface area contributed by atoms with Crippen LogP contribution in [0.5, 0.6) is 5.88 Å². The molecule has 1 aliphatic carbocycles. The van der Waals surface area contributed by atoms with E-state index in [2.05, 4.69) is 26.7 Å². The second kappa shape index (κ2) is 10.2. The number of aromatic nitrogens is 1. The van der Waals surface area contributed by atoms with Gasteiger partial charge in [-0.3, -0.25) is 4.90 Å². The summed E-state index contributed by atoms with van der Waals surface area (Å²) < 4.78 is 34.5. The number of ether oxygens (including phenoxy) is 1. The van der Waals surface area contributed by atoms with Crippen LogP contribution in [0.1, 0.15) is 36.0 Å². The Morgan fingerprint density at radius 1 is 1.07 bits per heavy atom. The number of H-pyrrole nitrogens is 1. The Kier molecular flexibility index (Phi) is 6.47. The summed E-state index contributed by atoms with van der Waals surface area (Å²) in [6.07, 6.45) is 3.61. The molecule has 2 atom stereocenters. The highest BCUT2D eigenvalue weighted by atomic mass is 32.2. The van der Waals surface area contributed by atoms with E-state index in [9.17, 15) is 13.5 Å². The SMILES string of the molecule is O=S(=O)(NCC1CC1)c1ccc2[nH]c(O)c(C(=Nc3ccc(CN4CC5CC4CO5)cc3)c3ccccc3)c2c1. The fourth-order valence-corrected chi connectivity index (χ4v) is 6.91. The predicted molar refractivity (Wildman–Crippen MR) is 155 cm³/mol. The summed E-state index contributed by atoms with van der Waals surface area (Å²) in [6.45, 7) is 3.14. The van der Waals surface area contributed by atoms with Crippen molar-refractivity contribution >= 4 is 32.3 Å². The Balaban J connectivity index is 1.24. The molecule has 40 heavy (non-hydrogen) atoms. The molecule has 3 fully saturated rings. The Morgan fingerprint density at radius 3 is 2.58 bits per heavy atom. The number of hydrogen-bond acceptors (Lipinski definition) is 6. The van der Waals surface area contributed by atoms with Gasteiger partial charge in [-0.15, -0.1) is 0 Å². The number of aliphatic imine (C=N–C) groups is 1. The van der Waals surface area contributed by atoms with Crippen LogP contribution in [0.2, 0.25) is 0 Å². The highest BCUT2D eigenvalue weighted by molar-refractivity contribution is 7.89. The van der Waals surface area contributed by atoms with E-state index in [1.54, 1.807) is 18.2 Å². The second-order valence-electron chi connectivity index (χ2n) is 11.1. The van der Waals surface area contributed by atoms with Crippen LogP contribution in [-0.2, 0) is 21.3 Å². The summed E-state index contributed by atoms with van der Waals surface area (Å²) in [5.74, 6) is 0.370. The number of morpholine rings is 1. The number of sulfonamides is 1. The van der Waals surface area contributed by atoms with Crippen LogP contribution in [0.3, 0.4) is 0 Å². The van der Waals surface area contributed by atoms with Gasteiger partial charge in [-0.25, -0.2) is 18.1 Å². The molecule has 2 bridgehead atoms. The van der Waals surface area contributed by atoms with E-state index in [-0.39, 0.29) is 10.8 Å². The number of hydrogen-bond donors (Lipinski definition) is 3. The molecule has 0 radical (unpaired) electrons. The molecule has 3 N–H and O–H groups in total. The molecule has 2 saturated heterocycles. The van der Waals surface area contributed by atoms with Gasteiger partial charge in [0.25, 0.3) is 0 Å². The number of nitrogens with one attached hydrogen (secondary N) is 2. The van der Waals surface area contributed by atoms with Gasteiger partial charge in [0.1, 0.15) is 0 Å². The number of nitrogens with zero attached hydrogens (tertiary/aromatic N) is 2. The van der Waals surface area contributed by atoms with Crippen molar-refractivity contribution in [2.75, 3.05) is 19.7 Å². The van der Waals surface area contributed by atoms with Crippen molar-refractivity contribution in [3.8, 4) is 5.88 Å². The van der Waals surface area contributed by atoms with Crippen LogP contribution in [0, 0.1) is 5.92 Å². The average molecular weight is 557 g/mol. The maximum absolute atomic E-state index is 13.0. The molecule has 3 aliphatic rings. The molecule has 9 heteroatoms. The summed E-state index contributed by atoms with van der Waals surface area (Å²) in [4.78, 5) is 10.6. The second-order valence-corrected chi connectivity index (χ2v) is 12.9. The molecule has 3 heterocycles. The van der Waals surface area contributed by atoms with Gasteiger partial charge in [0.15, 0.2) is 5.88 Å². The van der Waals surface area contributed by atoms with Gasteiger partial charge in [-0.2, -0.15) is 0 Å². The first-order valence-corrected chi connectivity index (χ1v) is 15.3. The third kappa shape index (κ3) is 5.06. The third-order valence-electron chi connectivity index (χ3n) is 8.18. The molecule has 2 aliphatic heterocycles. The molecule has 0 amide bonds. The van der Waals surface area contributed by atoms with Crippen molar-refractivity contribution in [2.45, 2.75) is 42.8 Å². The quantitative estimate of drug-likeness (QED) is 0.259. The summed E-state index contributed by atoms with van der Waals surface area (Å²) in [6, 6.07) is 23.2. The van der Waals surface area contributed by atoms with Crippen LogP contribution in [0.4, 0.5) is 5.69 Å². The highest BCUT2D eigenvalue weighted by Crippen LogP contribution is 2.34. The molecule has 0 spiro atoms. The molecule has 1 saturated carbocycles. The van der Waals surface area contributed by atoms with E-state index < -0.39 is 10.0 Å². The van der Waals surface area contributed by atoms with E-state index in [1.807, 2.05) is 42.5 Å². The van der Waals surface area contributed by atoms with E-state index in [0.717, 1.165) is 50.2 Å². The van der Waals surface area contributed by atoms with Gasteiger partial charge < -0.3 is 14.8 Å². The smallest absolute Gasteiger partial charge is 0.240 e. The van der Waals surface area contributed by atoms with Crippen molar-refractivity contribution in [2.24, 2.45) is 10.9 Å². The van der Waals surface area contributed by atoms with Gasteiger partial charge in [-0.1, -0.05) is 42.5 Å². The molecule has 8 nitrogen and oxygen atoms in total. The van der Waals surface area contributed by atoms with Crippen LogP contribution < -0.4 is 4.72 Å². The minimum atomic E-state index is -3.68. The van der Waals surface area contributed by atoms with Gasteiger partial charge in [-0.05, 0) is 61.1 Å². The van der Waals surface area contributed by atoms with Crippen LogP contribution in [0.15, 0.2) is 82.7 Å². The molecule has 3 aromatic carbocycles. The normalized spacial score (nSPS) is 21.4. The number of likely N-dealkylation sites (tertiary alicyclic amines) is 1. The lowest BCUT2D eigenvalue weighted by atomic mass is 10.0. The zero-order valence-corrected chi connectivity index (χ0v) is 22.9. The Bertz CT molecular complexity index is 1680. The van der Waals surface area contributed by atoms with Crippen LogP contribution >= 0.6 is 0 Å². The van der Waals surface area contributed by atoms with Crippen LogP contribution in [0.25, 0.3) is 10.9 Å². The van der Waals surface area contributed by atoms with Gasteiger partial charge >= 0.3 is 0 Å². The first-order chi connectivity index (χ1) is 19.4. The fourth-order valence-electron chi connectivity index (χ4n) is 5.77. The van der Waals surface area contributed by atoms with Crippen molar-refractivity contribution in [3.05, 3.63) is 89.5 Å². The lowest BCUT2D eigenvalue weighted by Crippen LogP contribution is -2.36. The Hall–Kier alpha value is -3.50. The van der Waals surface area contributed by atoms with E-state index in [4.69, 9.17) is 9.73 Å². The maximum Gasteiger partial charge on any atom is 0.240 e. The molecule has 7 rings (SSSR count). The first-order valence-electron chi connectivity index (χ1n) is 13.9. The van der Waals surface area contributed by atoms with Crippen molar-refractivity contribution < 1.29 is 18.3 Å². The van der Waals surface area contributed by atoms with Gasteiger partial charge in [0.05, 0.1) is 34.6 Å². The van der Waals surface area contributed by atoms with Crippen molar-refractivity contribution in [3.63, 3.8) is 0 Å². The zero-order valence-electron chi connectivity index (χ0n) is 22.1. The summed E-state index contributed by atoms with van der Waals surface area (Å²) >= 11 is 0. The molecular formula is C31H32N4O4S. The summed E-state index contributed by atoms with van der Waals surface area (Å²) in [5, 5.41) is 11.7. The van der Waals surface area contributed by atoms with E-state index in [0.29, 0.717) is 46.8 Å². The molecule has 4 aromatic rings. The first kappa shape index (κ1) is 25.5. The van der Waals surface area contributed by atoms with Crippen molar-refractivity contribution in [1.82, 2.24) is 14.6 Å². The highest BCUT2D eigenvalue weighted by Gasteiger charge is 2.38. The molecule has 206 valence electrons. The maximum atomic E-state index is 13.0. The third-order valence-corrected chi connectivity index (χ3v) is 9.60. The van der Waals surface area contributed by atoms with Crippen LogP contribution in [-0.4, -0.2) is 61.0 Å².